The summed E-state index contributed by atoms with van der Waals surface area (Å²) in [5, 5.41) is 2.01. The van der Waals surface area contributed by atoms with E-state index in [1.165, 1.54) is 10.8 Å². The minimum absolute atomic E-state index is 0.330. The van der Waals surface area contributed by atoms with Crippen molar-refractivity contribution in [3.05, 3.63) is 42.0 Å². The van der Waals surface area contributed by atoms with Gasteiger partial charge in [0.15, 0.2) is 0 Å². The van der Waals surface area contributed by atoms with Gasteiger partial charge in [0.2, 0.25) is 0 Å². The number of fused-ring (bicyclic) bond motifs is 3. The van der Waals surface area contributed by atoms with Gasteiger partial charge in [-0.1, -0.05) is 0 Å². The van der Waals surface area contributed by atoms with Crippen LogP contribution < -0.4 is 5.46 Å². The predicted molar refractivity (Wildman–Crippen MR) is 101 cm³/mol. The molecule has 1 fully saturated rings. The molecule has 6 heteroatoms. The summed E-state index contributed by atoms with van der Waals surface area (Å²) < 4.78 is 12.9. The molecule has 2 heterocycles. The van der Waals surface area contributed by atoms with Crippen LogP contribution >= 0.6 is 15.1 Å². The molecule has 4 rings (SSSR count). The van der Waals surface area contributed by atoms with Crippen molar-refractivity contribution in [2.75, 3.05) is 0 Å². The van der Waals surface area contributed by atoms with E-state index in [-0.39, 0.29) is 18.1 Å². The van der Waals surface area contributed by atoms with Gasteiger partial charge in [-0.05, 0) is 0 Å². The van der Waals surface area contributed by atoms with E-state index in [2.05, 4.69) is 68.8 Å². The molecule has 2 aromatic carbocycles. The first-order valence-electron chi connectivity index (χ1n) is 7.52. The first kappa shape index (κ1) is 16.4. The Labute approximate surface area is 156 Å². The second kappa shape index (κ2) is 5.74. The van der Waals surface area contributed by atoms with Gasteiger partial charge in [0, 0.05) is 0 Å². The molecule has 2 bridgehead atoms. The number of hydrogen-bond donors (Lipinski definition) is 0. The van der Waals surface area contributed by atoms with E-state index in [1.807, 2.05) is 7.93 Å². The van der Waals surface area contributed by atoms with Crippen LogP contribution in [0.15, 0.2) is 36.4 Å². The molecular formula is C17H15BO2PSTl. The fraction of sp³-hybridized carbons (Fsp3) is 0.294. The third-order valence-electron chi connectivity index (χ3n) is 4.83. The molecule has 0 N–H and O–H groups in total. The quantitative estimate of drug-likeness (QED) is 0.320. The van der Waals surface area contributed by atoms with Gasteiger partial charge in [-0.2, -0.15) is 0 Å². The van der Waals surface area contributed by atoms with Crippen molar-refractivity contribution >= 4 is 62.7 Å². The maximum absolute atomic E-state index is 6.55. The van der Waals surface area contributed by atoms with E-state index in [9.17, 15) is 0 Å². The zero-order chi connectivity index (χ0) is 16.2. The van der Waals surface area contributed by atoms with Gasteiger partial charge >= 0.3 is 157 Å². The summed E-state index contributed by atoms with van der Waals surface area (Å²) in [6.45, 7) is 6.45. The van der Waals surface area contributed by atoms with Crippen LogP contribution in [0, 0.1) is 11.6 Å². The molecule has 2 unspecified atom stereocenters. The molecular weight excluding hydrogens is 514 g/mol. The van der Waals surface area contributed by atoms with Crippen LogP contribution in [-0.4, -0.2) is 42.3 Å². The molecule has 2 aromatic rings. The van der Waals surface area contributed by atoms with Gasteiger partial charge in [0.05, 0.1) is 0 Å². The summed E-state index contributed by atoms with van der Waals surface area (Å²) in [5.41, 5.74) is 5.39. The molecule has 0 radical (unpaired) electrons. The van der Waals surface area contributed by atoms with E-state index in [4.69, 9.17) is 9.31 Å². The van der Waals surface area contributed by atoms with Gasteiger partial charge in [-0.25, -0.2) is 0 Å². The van der Waals surface area contributed by atoms with Gasteiger partial charge in [-0.15, -0.1) is 0 Å². The fourth-order valence-electron chi connectivity index (χ4n) is 3.19. The third kappa shape index (κ3) is 2.43. The Hall–Kier alpha value is -0.0530. The van der Waals surface area contributed by atoms with Crippen LogP contribution in [0.3, 0.4) is 0 Å². The molecule has 0 aliphatic carbocycles. The van der Waals surface area contributed by atoms with Crippen LogP contribution in [0.4, 0.5) is 0 Å². The Morgan fingerprint density at radius 3 is 2.61 bits per heavy atom. The SMILES string of the molecule is CC1(C)OB2OC1(C)P([S][Tl])C#Cc1cccc3cccc2c13. The molecule has 2 aliphatic heterocycles. The van der Waals surface area contributed by atoms with Crippen molar-refractivity contribution in [3.63, 3.8) is 0 Å². The average molecular weight is 530 g/mol. The molecule has 2 nitrogen and oxygen atoms in total. The summed E-state index contributed by atoms with van der Waals surface area (Å²) in [7, 11) is 1.00. The maximum atomic E-state index is 6.55. The molecule has 1 saturated heterocycles. The Morgan fingerprint density at radius 2 is 1.87 bits per heavy atom. The van der Waals surface area contributed by atoms with Gasteiger partial charge in [0.1, 0.15) is 0 Å². The Balaban J connectivity index is 2.05. The van der Waals surface area contributed by atoms with Gasteiger partial charge in [0.25, 0.3) is 0 Å². The number of hydrogen-bond acceptors (Lipinski definition) is 3. The molecule has 0 spiro atoms. The molecule has 2 aliphatic rings. The topological polar surface area (TPSA) is 18.5 Å². The molecule has 0 saturated carbocycles. The van der Waals surface area contributed by atoms with Gasteiger partial charge < -0.3 is 0 Å². The zero-order valence-corrected chi connectivity index (χ0v) is 19.5. The Kier molecular flexibility index (Phi) is 4.10. The molecule has 2 atom stereocenters. The first-order chi connectivity index (χ1) is 11.0. The van der Waals surface area contributed by atoms with Crippen LogP contribution in [0.5, 0.6) is 0 Å². The molecule has 23 heavy (non-hydrogen) atoms. The van der Waals surface area contributed by atoms with Crippen molar-refractivity contribution in [1.82, 2.24) is 0 Å². The van der Waals surface area contributed by atoms with E-state index in [1.54, 1.807) is 0 Å². The van der Waals surface area contributed by atoms with Crippen molar-refractivity contribution in [2.45, 2.75) is 31.7 Å². The first-order valence-corrected chi connectivity index (χ1v) is 15.8. The Bertz CT molecular complexity index is 857. The third-order valence-corrected chi connectivity index (χ3v) is 16.1. The summed E-state index contributed by atoms with van der Waals surface area (Å²) in [6.07, 6.45) is 0. The number of benzene rings is 2. The van der Waals surface area contributed by atoms with Crippen molar-refractivity contribution < 1.29 is 9.31 Å². The monoisotopic (exact) mass is 530 g/mol. The van der Waals surface area contributed by atoms with E-state index in [0.29, 0.717) is 0 Å². The van der Waals surface area contributed by atoms with Crippen LogP contribution in [0.1, 0.15) is 26.3 Å². The Morgan fingerprint density at radius 1 is 1.13 bits per heavy atom. The predicted octanol–water partition coefficient (Wildman–Crippen LogP) is 3.61. The normalized spacial score (nSPS) is 27.7. The number of rotatable bonds is 1. The van der Waals surface area contributed by atoms with Gasteiger partial charge in [-0.3, -0.25) is 0 Å². The second-order valence-electron chi connectivity index (χ2n) is 6.45. The average Bonchev–Trinajstić information content (AvgIpc) is 2.79. The molecule has 0 amide bonds. The van der Waals surface area contributed by atoms with Crippen molar-refractivity contribution in [3.8, 4) is 11.6 Å². The summed E-state index contributed by atoms with van der Waals surface area (Å²) in [6, 6.07) is 12.6. The fourth-order valence-corrected chi connectivity index (χ4v) is 15.2. The van der Waals surface area contributed by atoms with E-state index >= 15 is 0 Å². The van der Waals surface area contributed by atoms with E-state index < -0.39 is 7.12 Å². The minimum atomic E-state index is -0.625. The van der Waals surface area contributed by atoms with Crippen LogP contribution in [0.25, 0.3) is 10.8 Å². The summed E-state index contributed by atoms with van der Waals surface area (Å²) in [5.74, 6) is 3.47. The van der Waals surface area contributed by atoms with Crippen LogP contribution in [-0.2, 0) is 9.31 Å². The van der Waals surface area contributed by atoms with Crippen molar-refractivity contribution in [1.29, 1.82) is 0 Å². The summed E-state index contributed by atoms with van der Waals surface area (Å²) >= 11 is 0.828. The standard InChI is InChI=1S/C17H15BO2PS.Tl/c1-16(2)17(3)20-18(19-16)14-9-5-8-12-6-4-7-13(15(12)14)10-11-21(17)22;/h4-9H,1-3H3;/q-1;+1. The molecule has 0 aromatic heterocycles. The van der Waals surface area contributed by atoms with E-state index in [0.717, 1.165) is 35.3 Å². The summed E-state index contributed by atoms with van der Waals surface area (Å²) in [4.78, 5) is 0. The second-order valence-corrected chi connectivity index (χ2v) is 17.4. The van der Waals surface area contributed by atoms with Crippen molar-refractivity contribution in [2.24, 2.45) is 0 Å². The van der Waals surface area contributed by atoms with Crippen LogP contribution in [0.2, 0.25) is 0 Å². The molecule has 112 valence electrons. The zero-order valence-electron chi connectivity index (χ0n) is 13.3.